The van der Waals surface area contributed by atoms with Gasteiger partial charge in [0.1, 0.15) is 12.4 Å². The Morgan fingerprint density at radius 3 is 2.16 bits per heavy atom. The summed E-state index contributed by atoms with van der Waals surface area (Å²) in [6.07, 6.45) is -3.71. The summed E-state index contributed by atoms with van der Waals surface area (Å²) in [5, 5.41) is 24.2. The zero-order valence-electron chi connectivity index (χ0n) is 20.6. The molecule has 2 amide bonds. The number of hydrogen-bond acceptors (Lipinski definition) is 6. The summed E-state index contributed by atoms with van der Waals surface area (Å²) < 4.78 is 5.75. The van der Waals surface area contributed by atoms with Crippen molar-refractivity contribution in [2.45, 2.75) is 25.4 Å². The first kappa shape index (κ1) is 27.7. The number of nitrogens with one attached hydrogen (secondary N) is 1. The van der Waals surface area contributed by atoms with Crippen LogP contribution in [0.25, 0.3) is 0 Å². The van der Waals surface area contributed by atoms with Crippen LogP contribution in [0.3, 0.4) is 0 Å². The fourth-order valence-corrected chi connectivity index (χ4v) is 4.40. The minimum Gasteiger partial charge on any atom is -0.489 e. The fraction of sp³-hybridized carbons (Fsp3) is 0.286. The molecule has 0 unspecified atom stereocenters. The van der Waals surface area contributed by atoms with Crippen LogP contribution >= 0.6 is 23.2 Å². The van der Waals surface area contributed by atoms with E-state index in [1.165, 1.54) is 4.90 Å². The van der Waals surface area contributed by atoms with E-state index in [0.717, 1.165) is 16.8 Å². The predicted octanol–water partition coefficient (Wildman–Crippen LogP) is 3.26. The summed E-state index contributed by atoms with van der Waals surface area (Å²) in [5.74, 6) is -0.864. The third-order valence-corrected chi connectivity index (χ3v) is 7.05. The molecule has 4 rings (SSSR count). The number of anilines is 1. The Kier molecular flexibility index (Phi) is 9.47. The molecule has 1 aliphatic rings. The van der Waals surface area contributed by atoms with E-state index < -0.39 is 24.0 Å². The van der Waals surface area contributed by atoms with Gasteiger partial charge in [-0.1, -0.05) is 59.6 Å². The van der Waals surface area contributed by atoms with Crippen molar-refractivity contribution in [3.05, 3.63) is 94.0 Å². The average Bonchev–Trinajstić information content (AvgIpc) is 2.96. The summed E-state index contributed by atoms with van der Waals surface area (Å²) >= 11 is 11.9. The fourth-order valence-electron chi connectivity index (χ4n) is 4.08. The molecule has 1 aliphatic heterocycles. The molecule has 3 N–H and O–H groups in total. The number of aliphatic hydroxyl groups excluding tert-OH is 2. The van der Waals surface area contributed by atoms with Crippen molar-refractivity contribution in [2.75, 3.05) is 31.1 Å². The number of benzene rings is 3. The van der Waals surface area contributed by atoms with Gasteiger partial charge >= 0.3 is 0 Å². The molecule has 1 fully saturated rings. The first-order valence-electron chi connectivity index (χ1n) is 12.2. The number of aliphatic hydroxyl groups is 2. The molecule has 3 aromatic carbocycles. The van der Waals surface area contributed by atoms with Crippen LogP contribution < -0.4 is 15.0 Å². The van der Waals surface area contributed by atoms with Gasteiger partial charge in [0.15, 0.2) is 12.2 Å². The zero-order valence-corrected chi connectivity index (χ0v) is 22.1. The second-order valence-corrected chi connectivity index (χ2v) is 9.75. The number of hydrogen-bond donors (Lipinski definition) is 3. The van der Waals surface area contributed by atoms with Gasteiger partial charge in [-0.3, -0.25) is 9.59 Å². The van der Waals surface area contributed by atoms with Crippen LogP contribution in [-0.2, 0) is 22.7 Å². The standard InChI is InChI=1S/C28H29Cl2N3O5/c29-23-11-8-20(16-24(23)30)18-38-22-9-6-19(7-10-22)17-31-27(36)25(34)26(35)28(37)33-14-12-32(13-15-33)21-4-2-1-3-5-21/h1-11,16,25-26,34-35H,12-15,17-18H2,(H,31,36)/t25-,26-/m1/s1. The Balaban J connectivity index is 1.21. The number of para-hydroxylation sites is 1. The quantitative estimate of drug-likeness (QED) is 0.373. The number of halogens is 2. The van der Waals surface area contributed by atoms with Crippen molar-refractivity contribution in [3.63, 3.8) is 0 Å². The largest absolute Gasteiger partial charge is 0.489 e. The monoisotopic (exact) mass is 557 g/mol. The van der Waals surface area contributed by atoms with Gasteiger partial charge in [-0.2, -0.15) is 0 Å². The SMILES string of the molecule is O=C(NCc1ccc(OCc2ccc(Cl)c(Cl)c2)cc1)[C@H](O)[C@@H](O)C(=O)N1CCN(c2ccccc2)CC1. The molecule has 0 bridgehead atoms. The summed E-state index contributed by atoms with van der Waals surface area (Å²) in [6, 6.07) is 22.2. The molecule has 8 nitrogen and oxygen atoms in total. The van der Waals surface area contributed by atoms with Crippen LogP contribution in [0.1, 0.15) is 11.1 Å². The van der Waals surface area contributed by atoms with E-state index in [1.54, 1.807) is 36.4 Å². The number of piperazine rings is 1. The van der Waals surface area contributed by atoms with Crippen LogP contribution in [-0.4, -0.2) is 65.3 Å². The second-order valence-electron chi connectivity index (χ2n) is 8.94. The summed E-state index contributed by atoms with van der Waals surface area (Å²) in [7, 11) is 0. The Hall–Kier alpha value is -3.30. The summed E-state index contributed by atoms with van der Waals surface area (Å²) in [4.78, 5) is 28.7. The van der Waals surface area contributed by atoms with Gasteiger partial charge in [-0.15, -0.1) is 0 Å². The minimum absolute atomic E-state index is 0.111. The summed E-state index contributed by atoms with van der Waals surface area (Å²) in [6.45, 7) is 2.39. The molecule has 0 saturated carbocycles. The van der Waals surface area contributed by atoms with Crippen LogP contribution in [0.15, 0.2) is 72.8 Å². The lowest BCUT2D eigenvalue weighted by molar-refractivity contribution is -0.153. The van der Waals surface area contributed by atoms with Crippen LogP contribution in [0.5, 0.6) is 5.75 Å². The highest BCUT2D eigenvalue weighted by atomic mass is 35.5. The number of ether oxygens (including phenoxy) is 1. The normalized spacial score (nSPS) is 15.1. The first-order valence-corrected chi connectivity index (χ1v) is 13.0. The molecule has 2 atom stereocenters. The van der Waals surface area contributed by atoms with Gasteiger partial charge in [0.2, 0.25) is 0 Å². The topological polar surface area (TPSA) is 102 Å². The predicted molar refractivity (Wildman–Crippen MR) is 146 cm³/mol. The molecule has 38 heavy (non-hydrogen) atoms. The maximum atomic E-state index is 12.7. The molecule has 200 valence electrons. The maximum Gasteiger partial charge on any atom is 0.254 e. The van der Waals surface area contributed by atoms with Gasteiger partial charge in [0.05, 0.1) is 10.0 Å². The third-order valence-electron chi connectivity index (χ3n) is 6.31. The van der Waals surface area contributed by atoms with Crippen LogP contribution in [0, 0.1) is 0 Å². The molecule has 10 heteroatoms. The number of nitrogens with zero attached hydrogens (tertiary/aromatic N) is 2. The van der Waals surface area contributed by atoms with E-state index in [1.807, 2.05) is 36.4 Å². The smallest absolute Gasteiger partial charge is 0.254 e. The van der Waals surface area contributed by atoms with Gasteiger partial charge in [-0.05, 0) is 47.5 Å². The third kappa shape index (κ3) is 7.17. The Morgan fingerprint density at radius 1 is 0.842 bits per heavy atom. The number of carbonyl (C=O) groups excluding carboxylic acids is 2. The Bertz CT molecular complexity index is 1230. The van der Waals surface area contributed by atoms with Gasteiger partial charge in [0, 0.05) is 38.4 Å². The zero-order chi connectivity index (χ0) is 27.1. The Labute approximate surface area is 231 Å². The molecular formula is C28H29Cl2N3O5. The highest BCUT2D eigenvalue weighted by molar-refractivity contribution is 6.42. The molecule has 0 spiro atoms. The van der Waals surface area contributed by atoms with Crippen molar-refractivity contribution >= 4 is 40.7 Å². The molecule has 1 heterocycles. The first-order chi connectivity index (χ1) is 18.3. The van der Waals surface area contributed by atoms with Gasteiger partial charge < -0.3 is 30.1 Å². The van der Waals surface area contributed by atoms with Crippen LogP contribution in [0.2, 0.25) is 10.0 Å². The highest BCUT2D eigenvalue weighted by Gasteiger charge is 2.34. The number of amides is 2. The van der Waals surface area contributed by atoms with Crippen molar-refractivity contribution in [1.82, 2.24) is 10.2 Å². The van der Waals surface area contributed by atoms with Gasteiger partial charge in [-0.25, -0.2) is 0 Å². The highest BCUT2D eigenvalue weighted by Crippen LogP contribution is 2.23. The molecular weight excluding hydrogens is 529 g/mol. The number of carbonyl (C=O) groups is 2. The lowest BCUT2D eigenvalue weighted by Crippen LogP contribution is -2.55. The number of rotatable bonds is 9. The lowest BCUT2D eigenvalue weighted by Gasteiger charge is -2.37. The van der Waals surface area contributed by atoms with E-state index in [2.05, 4.69) is 10.2 Å². The van der Waals surface area contributed by atoms with E-state index in [-0.39, 0.29) is 6.54 Å². The molecule has 0 aromatic heterocycles. The minimum atomic E-state index is -1.87. The van der Waals surface area contributed by atoms with Crippen molar-refractivity contribution in [3.8, 4) is 5.75 Å². The van der Waals surface area contributed by atoms with Crippen LogP contribution in [0.4, 0.5) is 5.69 Å². The lowest BCUT2D eigenvalue weighted by atomic mass is 10.1. The van der Waals surface area contributed by atoms with E-state index in [4.69, 9.17) is 27.9 Å². The maximum absolute atomic E-state index is 12.7. The summed E-state index contributed by atoms with van der Waals surface area (Å²) in [5.41, 5.74) is 2.69. The van der Waals surface area contributed by atoms with Crippen molar-refractivity contribution in [1.29, 1.82) is 0 Å². The van der Waals surface area contributed by atoms with Crippen molar-refractivity contribution in [2.24, 2.45) is 0 Å². The average molecular weight is 558 g/mol. The second kappa shape index (κ2) is 13.0. The van der Waals surface area contributed by atoms with Crippen molar-refractivity contribution < 1.29 is 24.5 Å². The van der Waals surface area contributed by atoms with E-state index in [9.17, 15) is 19.8 Å². The van der Waals surface area contributed by atoms with Gasteiger partial charge in [0.25, 0.3) is 11.8 Å². The molecule has 1 saturated heterocycles. The molecule has 3 aromatic rings. The van der Waals surface area contributed by atoms with E-state index >= 15 is 0 Å². The van der Waals surface area contributed by atoms with E-state index in [0.29, 0.717) is 48.6 Å². The molecule has 0 radical (unpaired) electrons. The Morgan fingerprint density at radius 2 is 1.50 bits per heavy atom. The molecule has 0 aliphatic carbocycles.